The number of benzene rings is 1. The summed E-state index contributed by atoms with van der Waals surface area (Å²) in [7, 11) is 0. The van der Waals surface area contributed by atoms with Gasteiger partial charge < -0.3 is 15.1 Å². The van der Waals surface area contributed by atoms with Gasteiger partial charge in [0.25, 0.3) is 5.91 Å². The van der Waals surface area contributed by atoms with Crippen LogP contribution in [0.5, 0.6) is 0 Å². The van der Waals surface area contributed by atoms with Gasteiger partial charge in [-0.2, -0.15) is 0 Å². The third kappa shape index (κ3) is 4.17. The first kappa shape index (κ1) is 17.8. The Bertz CT molecular complexity index is 766. The normalized spacial score (nSPS) is 14.2. The summed E-state index contributed by atoms with van der Waals surface area (Å²) in [5, 5.41) is 11.1. The summed E-state index contributed by atoms with van der Waals surface area (Å²) in [6.07, 6.45) is 0.960. The average Bonchev–Trinajstić information content (AvgIpc) is 2.69. The lowest BCUT2D eigenvalue weighted by atomic mass is 10.1. The van der Waals surface area contributed by atoms with E-state index < -0.39 is 0 Å². The van der Waals surface area contributed by atoms with E-state index in [4.69, 9.17) is 0 Å². The van der Waals surface area contributed by atoms with Crippen LogP contribution < -0.4 is 10.2 Å². The summed E-state index contributed by atoms with van der Waals surface area (Å²) < 4.78 is 0. The van der Waals surface area contributed by atoms with Gasteiger partial charge in [-0.15, -0.1) is 10.2 Å². The number of aryl methyl sites for hydroxylation is 1. The highest BCUT2D eigenvalue weighted by atomic mass is 16.2. The minimum absolute atomic E-state index is 0.0923. The summed E-state index contributed by atoms with van der Waals surface area (Å²) in [6, 6.07) is 11.2. The zero-order valence-electron chi connectivity index (χ0n) is 15.1. The van der Waals surface area contributed by atoms with Crippen molar-refractivity contribution in [1.29, 1.82) is 0 Å². The van der Waals surface area contributed by atoms with Crippen LogP contribution in [0.25, 0.3) is 0 Å². The quantitative estimate of drug-likeness (QED) is 0.909. The molecule has 0 bridgehead atoms. The summed E-state index contributed by atoms with van der Waals surface area (Å²) in [5.41, 5.74) is 2.23. The van der Waals surface area contributed by atoms with Crippen LogP contribution in [0, 0.1) is 0 Å². The summed E-state index contributed by atoms with van der Waals surface area (Å²) >= 11 is 0. The van der Waals surface area contributed by atoms with Crippen molar-refractivity contribution in [2.24, 2.45) is 0 Å². The first-order valence-corrected chi connectivity index (χ1v) is 8.81. The molecule has 26 heavy (non-hydrogen) atoms. The van der Waals surface area contributed by atoms with Crippen molar-refractivity contribution in [2.75, 3.05) is 36.4 Å². The molecule has 1 N–H and O–H groups in total. The number of rotatable bonds is 4. The number of hydrogen-bond donors (Lipinski definition) is 1. The van der Waals surface area contributed by atoms with Crippen LogP contribution in [0.15, 0.2) is 36.4 Å². The lowest BCUT2D eigenvalue weighted by Gasteiger charge is -2.34. The molecule has 0 radical (unpaired) electrons. The fraction of sp³-hybridized carbons (Fsp3) is 0.368. The molecule has 2 heterocycles. The molecule has 7 nitrogen and oxygen atoms in total. The highest BCUT2D eigenvalue weighted by molar-refractivity contribution is 6.02. The monoisotopic (exact) mass is 353 g/mol. The summed E-state index contributed by atoms with van der Waals surface area (Å²) in [4.78, 5) is 27.6. The lowest BCUT2D eigenvalue weighted by molar-refractivity contribution is -0.129. The Balaban J connectivity index is 1.60. The van der Waals surface area contributed by atoms with E-state index in [1.807, 2.05) is 29.2 Å². The summed E-state index contributed by atoms with van der Waals surface area (Å²) in [6.45, 7) is 6.44. The third-order valence-electron chi connectivity index (χ3n) is 4.55. The maximum atomic E-state index is 12.3. The molecule has 0 aliphatic carbocycles. The molecule has 3 rings (SSSR count). The number of hydrogen-bond acceptors (Lipinski definition) is 5. The predicted octanol–water partition coefficient (Wildman–Crippen LogP) is 1.96. The largest absolute Gasteiger partial charge is 0.352 e. The molecular formula is C19H23N5O2. The Hall–Kier alpha value is -2.96. The van der Waals surface area contributed by atoms with Gasteiger partial charge in [-0.1, -0.05) is 19.1 Å². The summed E-state index contributed by atoms with van der Waals surface area (Å²) in [5.74, 6) is 0.529. The molecule has 1 aromatic heterocycles. The Morgan fingerprint density at radius 2 is 1.69 bits per heavy atom. The Morgan fingerprint density at radius 1 is 1.00 bits per heavy atom. The molecule has 136 valence electrons. The fourth-order valence-electron chi connectivity index (χ4n) is 2.88. The van der Waals surface area contributed by atoms with Crippen LogP contribution in [-0.4, -0.2) is 53.1 Å². The maximum absolute atomic E-state index is 12.3. The number of nitrogens with one attached hydrogen (secondary N) is 1. The molecule has 2 aromatic rings. The van der Waals surface area contributed by atoms with E-state index in [9.17, 15) is 9.59 Å². The Kier molecular flexibility index (Phi) is 5.46. The van der Waals surface area contributed by atoms with E-state index in [-0.39, 0.29) is 17.5 Å². The SMILES string of the molecule is CCc1ccc(NC(=O)c2ccc(N3CCN(C(C)=O)CC3)nn2)cc1. The second-order valence-corrected chi connectivity index (χ2v) is 6.27. The Morgan fingerprint density at radius 3 is 2.23 bits per heavy atom. The van der Waals surface area contributed by atoms with Gasteiger partial charge in [0.15, 0.2) is 11.5 Å². The fourth-order valence-corrected chi connectivity index (χ4v) is 2.88. The van der Waals surface area contributed by atoms with Gasteiger partial charge in [0.1, 0.15) is 0 Å². The number of anilines is 2. The minimum Gasteiger partial charge on any atom is -0.352 e. The first-order valence-electron chi connectivity index (χ1n) is 8.81. The number of aromatic nitrogens is 2. The molecule has 1 aromatic carbocycles. The van der Waals surface area contributed by atoms with Gasteiger partial charge in [-0.3, -0.25) is 9.59 Å². The zero-order valence-corrected chi connectivity index (χ0v) is 15.1. The number of carbonyl (C=O) groups excluding carboxylic acids is 2. The molecule has 1 fully saturated rings. The van der Waals surface area contributed by atoms with Crippen molar-refractivity contribution < 1.29 is 9.59 Å². The van der Waals surface area contributed by atoms with Crippen molar-refractivity contribution >= 4 is 23.3 Å². The van der Waals surface area contributed by atoms with Crippen LogP contribution in [-0.2, 0) is 11.2 Å². The van der Waals surface area contributed by atoms with Crippen molar-refractivity contribution in [3.8, 4) is 0 Å². The van der Waals surface area contributed by atoms with Gasteiger partial charge >= 0.3 is 0 Å². The van der Waals surface area contributed by atoms with E-state index in [0.29, 0.717) is 26.2 Å². The van der Waals surface area contributed by atoms with E-state index in [1.165, 1.54) is 5.56 Å². The first-order chi connectivity index (χ1) is 12.6. The van der Waals surface area contributed by atoms with Gasteiger partial charge in [0, 0.05) is 38.8 Å². The smallest absolute Gasteiger partial charge is 0.276 e. The molecule has 1 saturated heterocycles. The molecule has 7 heteroatoms. The van der Waals surface area contributed by atoms with Gasteiger partial charge in [-0.05, 0) is 36.2 Å². The highest BCUT2D eigenvalue weighted by Gasteiger charge is 2.20. The van der Waals surface area contributed by atoms with Crippen LogP contribution in [0.4, 0.5) is 11.5 Å². The second-order valence-electron chi connectivity index (χ2n) is 6.27. The maximum Gasteiger partial charge on any atom is 0.276 e. The number of amides is 2. The lowest BCUT2D eigenvalue weighted by Crippen LogP contribution is -2.48. The van der Waals surface area contributed by atoms with Gasteiger partial charge in [0.2, 0.25) is 5.91 Å². The topological polar surface area (TPSA) is 78.4 Å². The number of piperazine rings is 1. The zero-order chi connectivity index (χ0) is 18.5. The van der Waals surface area contributed by atoms with Gasteiger partial charge in [-0.25, -0.2) is 0 Å². The molecule has 1 aliphatic heterocycles. The average molecular weight is 353 g/mol. The molecular weight excluding hydrogens is 330 g/mol. The predicted molar refractivity (Wildman–Crippen MR) is 100 cm³/mol. The van der Waals surface area contributed by atoms with E-state index in [2.05, 4.69) is 27.3 Å². The highest BCUT2D eigenvalue weighted by Crippen LogP contribution is 2.14. The molecule has 0 saturated carbocycles. The number of nitrogens with zero attached hydrogens (tertiary/aromatic N) is 4. The third-order valence-corrected chi connectivity index (χ3v) is 4.55. The molecule has 0 unspecified atom stereocenters. The molecule has 1 aliphatic rings. The van der Waals surface area contributed by atoms with E-state index >= 15 is 0 Å². The van der Waals surface area contributed by atoms with Crippen molar-refractivity contribution in [1.82, 2.24) is 15.1 Å². The van der Waals surface area contributed by atoms with Gasteiger partial charge in [0.05, 0.1) is 0 Å². The van der Waals surface area contributed by atoms with Crippen molar-refractivity contribution in [2.45, 2.75) is 20.3 Å². The molecule has 2 amide bonds. The van der Waals surface area contributed by atoms with Crippen LogP contribution in [0.1, 0.15) is 29.9 Å². The second kappa shape index (κ2) is 7.95. The van der Waals surface area contributed by atoms with E-state index in [1.54, 1.807) is 19.1 Å². The van der Waals surface area contributed by atoms with Crippen LogP contribution in [0.2, 0.25) is 0 Å². The standard InChI is InChI=1S/C19H23N5O2/c1-3-15-4-6-16(7-5-15)20-19(26)17-8-9-18(22-21-17)24-12-10-23(11-13-24)14(2)25/h4-9H,3,10-13H2,1-2H3,(H,20,26). The Labute approximate surface area is 153 Å². The van der Waals surface area contributed by atoms with Crippen LogP contribution in [0.3, 0.4) is 0 Å². The van der Waals surface area contributed by atoms with Crippen molar-refractivity contribution in [3.05, 3.63) is 47.7 Å². The molecule has 0 spiro atoms. The van der Waals surface area contributed by atoms with Crippen molar-refractivity contribution in [3.63, 3.8) is 0 Å². The van der Waals surface area contributed by atoms with Crippen LogP contribution >= 0.6 is 0 Å². The number of carbonyl (C=O) groups is 2. The molecule has 0 atom stereocenters. The van der Waals surface area contributed by atoms with E-state index in [0.717, 1.165) is 17.9 Å². The minimum atomic E-state index is -0.283.